The summed E-state index contributed by atoms with van der Waals surface area (Å²) in [5, 5.41) is 9.34. The van der Waals surface area contributed by atoms with Crippen LogP contribution in [-0.4, -0.2) is 11.2 Å². The first kappa shape index (κ1) is 13.1. The third-order valence-electron chi connectivity index (χ3n) is 3.35. The summed E-state index contributed by atoms with van der Waals surface area (Å²) < 4.78 is 0. The van der Waals surface area contributed by atoms with E-state index in [0.717, 1.165) is 11.1 Å². The second-order valence-electron chi connectivity index (χ2n) is 4.92. The van der Waals surface area contributed by atoms with Crippen molar-refractivity contribution in [2.24, 2.45) is 4.99 Å². The van der Waals surface area contributed by atoms with Gasteiger partial charge in [0.15, 0.2) is 0 Å². The maximum Gasteiger partial charge on any atom is 0.240 e. The van der Waals surface area contributed by atoms with Gasteiger partial charge in [-0.15, -0.1) is 0 Å². The maximum absolute atomic E-state index is 10.2. The molecule has 0 fully saturated rings. The van der Waals surface area contributed by atoms with Crippen LogP contribution in [0.3, 0.4) is 0 Å². The Hall–Kier alpha value is -2.38. The van der Waals surface area contributed by atoms with Crippen LogP contribution in [0.4, 0.5) is 5.69 Å². The third kappa shape index (κ3) is 2.72. The molecule has 19 heavy (non-hydrogen) atoms. The number of carbonyl (C=O) groups excluding carboxylic acids is 1. The number of benzene rings is 2. The van der Waals surface area contributed by atoms with E-state index < -0.39 is 0 Å². The predicted octanol–water partition coefficient (Wildman–Crippen LogP) is 3.69. The number of hydrogen-bond acceptors (Lipinski definition) is 3. The summed E-state index contributed by atoms with van der Waals surface area (Å²) in [5.74, 6) is 0.259. The Labute approximate surface area is 112 Å². The third-order valence-corrected chi connectivity index (χ3v) is 3.35. The smallest absolute Gasteiger partial charge is 0.240 e. The molecule has 0 saturated heterocycles. The molecule has 0 spiro atoms. The Bertz CT molecular complexity index is 606. The summed E-state index contributed by atoms with van der Waals surface area (Å²) in [6.45, 7) is 4.22. The number of aliphatic imine (C=N–C) groups is 1. The second kappa shape index (κ2) is 5.09. The number of phenolic OH excluding ortho intramolecular Hbond substituents is 1. The van der Waals surface area contributed by atoms with Gasteiger partial charge in [-0.05, 0) is 35.4 Å². The fraction of sp³-hybridized carbons (Fsp3) is 0.188. The molecule has 3 nitrogen and oxygen atoms in total. The lowest BCUT2D eigenvalue weighted by molar-refractivity contribution is 0.474. The molecular weight excluding hydrogens is 238 g/mol. The summed E-state index contributed by atoms with van der Waals surface area (Å²) in [6.07, 6.45) is 1.53. The SMILES string of the molecule is CC(C)(c1ccc(O)cc1)c1ccc(N=C=O)cc1. The van der Waals surface area contributed by atoms with Gasteiger partial charge in [0.05, 0.1) is 5.69 Å². The summed E-state index contributed by atoms with van der Waals surface area (Å²) in [6, 6.07) is 14.7. The van der Waals surface area contributed by atoms with Crippen LogP contribution in [-0.2, 0) is 10.2 Å². The van der Waals surface area contributed by atoms with Gasteiger partial charge in [0.1, 0.15) is 5.75 Å². The van der Waals surface area contributed by atoms with Gasteiger partial charge in [0.25, 0.3) is 0 Å². The Morgan fingerprint density at radius 3 is 1.89 bits per heavy atom. The van der Waals surface area contributed by atoms with Crippen molar-refractivity contribution in [3.05, 3.63) is 59.7 Å². The summed E-state index contributed by atoms with van der Waals surface area (Å²) >= 11 is 0. The Kier molecular flexibility index (Phi) is 3.50. The van der Waals surface area contributed by atoms with Crippen molar-refractivity contribution < 1.29 is 9.90 Å². The van der Waals surface area contributed by atoms with Crippen molar-refractivity contribution in [2.75, 3.05) is 0 Å². The van der Waals surface area contributed by atoms with Gasteiger partial charge in [-0.25, -0.2) is 4.79 Å². The molecule has 2 aromatic carbocycles. The van der Waals surface area contributed by atoms with Gasteiger partial charge in [-0.3, -0.25) is 0 Å². The molecule has 2 rings (SSSR count). The molecule has 96 valence electrons. The normalized spacial score (nSPS) is 10.8. The molecule has 0 aromatic heterocycles. The summed E-state index contributed by atoms with van der Waals surface area (Å²) in [4.78, 5) is 13.8. The Morgan fingerprint density at radius 1 is 0.947 bits per heavy atom. The standard InChI is InChI=1S/C16H15NO2/c1-16(2,13-5-9-15(19)10-6-13)12-3-7-14(8-4-12)17-11-18/h3-10,19H,1-2H3. The zero-order valence-electron chi connectivity index (χ0n) is 10.9. The van der Waals surface area contributed by atoms with E-state index in [-0.39, 0.29) is 11.2 Å². The molecule has 3 heteroatoms. The van der Waals surface area contributed by atoms with Crippen LogP contribution < -0.4 is 0 Å². The molecule has 0 aliphatic heterocycles. The number of hydrogen-bond donors (Lipinski definition) is 1. The minimum atomic E-state index is -0.183. The lowest BCUT2D eigenvalue weighted by Gasteiger charge is -2.26. The van der Waals surface area contributed by atoms with Crippen LogP contribution in [0, 0.1) is 0 Å². The first-order valence-electron chi connectivity index (χ1n) is 6.02. The zero-order valence-corrected chi connectivity index (χ0v) is 10.9. The molecule has 0 aliphatic rings. The summed E-state index contributed by atoms with van der Waals surface area (Å²) in [7, 11) is 0. The van der Waals surface area contributed by atoms with Gasteiger partial charge in [-0.1, -0.05) is 38.1 Å². The van der Waals surface area contributed by atoms with Crippen LogP contribution in [0.1, 0.15) is 25.0 Å². The molecule has 0 aliphatic carbocycles. The maximum atomic E-state index is 10.2. The Balaban J connectivity index is 2.38. The highest BCUT2D eigenvalue weighted by Crippen LogP contribution is 2.33. The van der Waals surface area contributed by atoms with E-state index in [0.29, 0.717) is 5.69 Å². The topological polar surface area (TPSA) is 49.7 Å². The van der Waals surface area contributed by atoms with Gasteiger partial charge >= 0.3 is 0 Å². The van der Waals surface area contributed by atoms with Crippen molar-refractivity contribution >= 4 is 11.8 Å². The van der Waals surface area contributed by atoms with Gasteiger partial charge < -0.3 is 5.11 Å². The monoisotopic (exact) mass is 253 g/mol. The number of isocyanates is 1. The van der Waals surface area contributed by atoms with Crippen molar-refractivity contribution in [2.45, 2.75) is 19.3 Å². The lowest BCUT2D eigenvalue weighted by atomic mass is 9.78. The van der Waals surface area contributed by atoms with E-state index in [1.807, 2.05) is 24.3 Å². The van der Waals surface area contributed by atoms with Crippen LogP contribution in [0.2, 0.25) is 0 Å². The van der Waals surface area contributed by atoms with Crippen LogP contribution in [0.15, 0.2) is 53.5 Å². The minimum absolute atomic E-state index is 0.183. The van der Waals surface area contributed by atoms with E-state index in [1.165, 1.54) is 6.08 Å². The summed E-state index contributed by atoms with van der Waals surface area (Å²) in [5.41, 5.74) is 2.64. The second-order valence-corrected chi connectivity index (χ2v) is 4.92. The quantitative estimate of drug-likeness (QED) is 0.670. The first-order valence-corrected chi connectivity index (χ1v) is 6.02. The average Bonchev–Trinajstić information content (AvgIpc) is 2.40. The van der Waals surface area contributed by atoms with E-state index >= 15 is 0 Å². The van der Waals surface area contributed by atoms with Gasteiger partial charge in [-0.2, -0.15) is 4.99 Å². The average molecular weight is 253 g/mol. The van der Waals surface area contributed by atoms with E-state index in [4.69, 9.17) is 0 Å². The fourth-order valence-electron chi connectivity index (χ4n) is 2.05. The van der Waals surface area contributed by atoms with E-state index in [2.05, 4.69) is 18.8 Å². The molecular formula is C16H15NO2. The molecule has 0 heterocycles. The van der Waals surface area contributed by atoms with Crippen LogP contribution >= 0.6 is 0 Å². The van der Waals surface area contributed by atoms with E-state index in [1.54, 1.807) is 24.3 Å². The van der Waals surface area contributed by atoms with Crippen molar-refractivity contribution in [3.63, 3.8) is 0 Å². The minimum Gasteiger partial charge on any atom is -0.508 e. The molecule has 0 radical (unpaired) electrons. The predicted molar refractivity (Wildman–Crippen MR) is 74.5 cm³/mol. The first-order chi connectivity index (χ1) is 9.04. The molecule has 0 saturated carbocycles. The molecule has 2 aromatic rings. The van der Waals surface area contributed by atoms with Gasteiger partial charge in [0.2, 0.25) is 6.08 Å². The van der Waals surface area contributed by atoms with Crippen LogP contribution in [0.25, 0.3) is 0 Å². The van der Waals surface area contributed by atoms with E-state index in [9.17, 15) is 9.90 Å². The molecule has 0 bridgehead atoms. The number of aromatic hydroxyl groups is 1. The fourth-order valence-corrected chi connectivity index (χ4v) is 2.05. The number of phenols is 1. The highest BCUT2D eigenvalue weighted by Gasteiger charge is 2.22. The van der Waals surface area contributed by atoms with Crippen molar-refractivity contribution in [1.82, 2.24) is 0 Å². The molecule has 0 atom stereocenters. The lowest BCUT2D eigenvalue weighted by Crippen LogP contribution is -2.18. The number of nitrogens with zero attached hydrogens (tertiary/aromatic N) is 1. The number of rotatable bonds is 3. The molecule has 1 N–H and O–H groups in total. The molecule has 0 unspecified atom stereocenters. The van der Waals surface area contributed by atoms with Crippen molar-refractivity contribution in [1.29, 1.82) is 0 Å². The van der Waals surface area contributed by atoms with Crippen molar-refractivity contribution in [3.8, 4) is 5.75 Å². The van der Waals surface area contributed by atoms with Gasteiger partial charge in [0, 0.05) is 5.41 Å². The van der Waals surface area contributed by atoms with Crippen LogP contribution in [0.5, 0.6) is 5.75 Å². The highest BCUT2D eigenvalue weighted by molar-refractivity contribution is 5.51. The molecule has 0 amide bonds. The highest BCUT2D eigenvalue weighted by atomic mass is 16.3. The zero-order chi connectivity index (χ0) is 13.9. The Morgan fingerprint density at radius 2 is 1.42 bits per heavy atom. The largest absolute Gasteiger partial charge is 0.508 e.